The number of allylic oxidation sites excluding steroid dienone is 6. The molecule has 0 amide bonds. The molecule has 0 aliphatic heterocycles. The first-order valence-electron chi connectivity index (χ1n) is 7.69. The van der Waals surface area contributed by atoms with E-state index in [4.69, 9.17) is 0 Å². The van der Waals surface area contributed by atoms with Gasteiger partial charge >= 0.3 is 0 Å². The van der Waals surface area contributed by atoms with Gasteiger partial charge in [0.25, 0.3) is 0 Å². The van der Waals surface area contributed by atoms with Crippen LogP contribution in [0.5, 0.6) is 0 Å². The summed E-state index contributed by atoms with van der Waals surface area (Å²) < 4.78 is 0. The van der Waals surface area contributed by atoms with E-state index >= 15 is 0 Å². The molecule has 0 N–H and O–H groups in total. The van der Waals surface area contributed by atoms with Gasteiger partial charge in [0.15, 0.2) is 0 Å². The lowest BCUT2D eigenvalue weighted by Gasteiger charge is -2.18. The van der Waals surface area contributed by atoms with Crippen LogP contribution < -0.4 is 0 Å². The standard InChI is InChI=1S/C24H22/c1-17(19(3)21(5)23-13-9-7-10-14-23)18(2)20(4)22(6)24-15-11-8-12-16-24/h7-16H,1-6H2. The zero-order chi connectivity index (χ0) is 17.7. The SMILES string of the molecule is C=C(C(=C)C(=C)C(=C)c1ccccc1)C(=C)C(=C)c1ccccc1. The van der Waals surface area contributed by atoms with Gasteiger partial charge in [0.1, 0.15) is 0 Å². The molecule has 2 rings (SSSR count). The Morgan fingerprint density at radius 3 is 1.00 bits per heavy atom. The summed E-state index contributed by atoms with van der Waals surface area (Å²) >= 11 is 0. The van der Waals surface area contributed by atoms with Gasteiger partial charge in [-0.15, -0.1) is 0 Å². The number of hydrogen-bond donors (Lipinski definition) is 0. The Kier molecular flexibility index (Phi) is 5.34. The van der Waals surface area contributed by atoms with Crippen molar-refractivity contribution in [2.24, 2.45) is 0 Å². The Bertz CT molecular complexity index is 757. The first-order chi connectivity index (χ1) is 11.4. The molecular weight excluding hydrogens is 288 g/mol. The van der Waals surface area contributed by atoms with Gasteiger partial charge in [-0.05, 0) is 44.6 Å². The Balaban J connectivity index is 2.16. The predicted molar refractivity (Wildman–Crippen MR) is 108 cm³/mol. The average molecular weight is 310 g/mol. The zero-order valence-corrected chi connectivity index (χ0v) is 14.0. The zero-order valence-electron chi connectivity index (χ0n) is 14.0. The fourth-order valence-electron chi connectivity index (χ4n) is 2.36. The van der Waals surface area contributed by atoms with Gasteiger partial charge in [-0.2, -0.15) is 0 Å². The van der Waals surface area contributed by atoms with Crippen molar-refractivity contribution in [1.29, 1.82) is 0 Å². The van der Waals surface area contributed by atoms with E-state index in [2.05, 4.69) is 39.5 Å². The second-order valence-electron chi connectivity index (χ2n) is 5.60. The fourth-order valence-corrected chi connectivity index (χ4v) is 2.36. The maximum atomic E-state index is 4.14. The van der Waals surface area contributed by atoms with Crippen molar-refractivity contribution in [2.45, 2.75) is 0 Å². The second kappa shape index (κ2) is 7.43. The maximum absolute atomic E-state index is 4.14. The molecule has 0 fully saturated rings. The second-order valence-corrected chi connectivity index (χ2v) is 5.60. The van der Waals surface area contributed by atoms with Crippen molar-refractivity contribution in [1.82, 2.24) is 0 Å². The highest BCUT2D eigenvalue weighted by Crippen LogP contribution is 2.34. The van der Waals surface area contributed by atoms with E-state index < -0.39 is 0 Å². The molecule has 118 valence electrons. The largest absolute Gasteiger partial charge is 0.0906 e. The minimum atomic E-state index is 0.728. The lowest BCUT2D eigenvalue weighted by Crippen LogP contribution is -1.98. The van der Waals surface area contributed by atoms with Crippen LogP contribution in [0.4, 0.5) is 0 Å². The number of rotatable bonds is 7. The Morgan fingerprint density at radius 2 is 0.708 bits per heavy atom. The minimum Gasteiger partial charge on any atom is -0.0906 e. The quantitative estimate of drug-likeness (QED) is 0.503. The Morgan fingerprint density at radius 1 is 0.417 bits per heavy atom. The third-order valence-corrected chi connectivity index (χ3v) is 4.07. The van der Waals surface area contributed by atoms with Gasteiger partial charge in [0.2, 0.25) is 0 Å². The molecule has 0 heteroatoms. The van der Waals surface area contributed by atoms with Crippen LogP contribution in [0.3, 0.4) is 0 Å². The van der Waals surface area contributed by atoms with E-state index in [0.717, 1.165) is 44.6 Å². The molecule has 24 heavy (non-hydrogen) atoms. The van der Waals surface area contributed by atoms with Crippen LogP contribution in [0.2, 0.25) is 0 Å². The summed E-state index contributed by atoms with van der Waals surface area (Å²) in [6.07, 6.45) is 0. The van der Waals surface area contributed by atoms with Crippen LogP contribution in [-0.4, -0.2) is 0 Å². The summed E-state index contributed by atoms with van der Waals surface area (Å²) in [5, 5.41) is 0. The highest BCUT2D eigenvalue weighted by Gasteiger charge is 2.14. The van der Waals surface area contributed by atoms with Gasteiger partial charge in [-0.3, -0.25) is 0 Å². The molecule has 2 aromatic carbocycles. The monoisotopic (exact) mass is 310 g/mol. The lowest BCUT2D eigenvalue weighted by atomic mass is 9.86. The molecule has 0 unspecified atom stereocenters. The minimum absolute atomic E-state index is 0.728. The Hall–Kier alpha value is -3.12. The van der Waals surface area contributed by atoms with Crippen molar-refractivity contribution < 1.29 is 0 Å². The van der Waals surface area contributed by atoms with Crippen molar-refractivity contribution in [3.05, 3.63) is 134 Å². The van der Waals surface area contributed by atoms with Crippen molar-refractivity contribution in [2.75, 3.05) is 0 Å². The topological polar surface area (TPSA) is 0 Å². The van der Waals surface area contributed by atoms with Gasteiger partial charge in [-0.1, -0.05) is 100 Å². The van der Waals surface area contributed by atoms with Crippen molar-refractivity contribution in [3.8, 4) is 0 Å². The van der Waals surface area contributed by atoms with Gasteiger partial charge < -0.3 is 0 Å². The van der Waals surface area contributed by atoms with E-state index in [-0.39, 0.29) is 0 Å². The summed E-state index contributed by atoms with van der Waals surface area (Å²) in [7, 11) is 0. The van der Waals surface area contributed by atoms with E-state index in [1.807, 2.05) is 60.7 Å². The predicted octanol–water partition coefficient (Wildman–Crippen LogP) is 6.64. The molecule has 0 aliphatic rings. The molecule has 0 spiro atoms. The fraction of sp³-hybridized carbons (Fsp3) is 0. The molecule has 0 saturated carbocycles. The van der Waals surface area contributed by atoms with Crippen LogP contribution in [0.1, 0.15) is 11.1 Å². The average Bonchev–Trinajstić information content (AvgIpc) is 2.65. The van der Waals surface area contributed by atoms with E-state index in [1.165, 1.54) is 0 Å². The van der Waals surface area contributed by atoms with E-state index in [9.17, 15) is 0 Å². The first-order valence-corrected chi connectivity index (χ1v) is 7.69. The smallest absolute Gasteiger partial charge is 0.0183 e. The van der Waals surface area contributed by atoms with Crippen LogP contribution in [-0.2, 0) is 0 Å². The maximum Gasteiger partial charge on any atom is -0.0183 e. The van der Waals surface area contributed by atoms with Crippen LogP contribution in [0, 0.1) is 0 Å². The molecule has 0 bridgehead atoms. The van der Waals surface area contributed by atoms with Crippen LogP contribution in [0.15, 0.2) is 122 Å². The van der Waals surface area contributed by atoms with Gasteiger partial charge in [0.05, 0.1) is 0 Å². The van der Waals surface area contributed by atoms with Crippen molar-refractivity contribution in [3.63, 3.8) is 0 Å². The molecule has 0 nitrogen and oxygen atoms in total. The molecule has 0 aromatic heterocycles. The summed E-state index contributed by atoms with van der Waals surface area (Å²) in [5.41, 5.74) is 6.67. The lowest BCUT2D eigenvalue weighted by molar-refractivity contribution is 1.45. The van der Waals surface area contributed by atoms with Gasteiger partial charge in [-0.25, -0.2) is 0 Å². The molecule has 2 aromatic rings. The normalized spacial score (nSPS) is 9.83. The summed E-state index contributed by atoms with van der Waals surface area (Å²) in [6, 6.07) is 19.8. The summed E-state index contributed by atoms with van der Waals surface area (Å²) in [4.78, 5) is 0. The third kappa shape index (κ3) is 3.61. The number of benzene rings is 2. The summed E-state index contributed by atoms with van der Waals surface area (Å²) in [6.45, 7) is 24.8. The van der Waals surface area contributed by atoms with Crippen LogP contribution in [0.25, 0.3) is 11.1 Å². The van der Waals surface area contributed by atoms with E-state index in [1.54, 1.807) is 0 Å². The highest BCUT2D eigenvalue weighted by atomic mass is 14.2. The molecule has 0 saturated heterocycles. The first kappa shape index (κ1) is 17.2. The molecule has 0 heterocycles. The Labute approximate surface area is 145 Å². The highest BCUT2D eigenvalue weighted by molar-refractivity contribution is 5.88. The van der Waals surface area contributed by atoms with E-state index in [0.29, 0.717) is 0 Å². The van der Waals surface area contributed by atoms with Crippen LogP contribution >= 0.6 is 0 Å². The van der Waals surface area contributed by atoms with Gasteiger partial charge in [0, 0.05) is 0 Å². The number of hydrogen-bond acceptors (Lipinski definition) is 0. The molecule has 0 atom stereocenters. The van der Waals surface area contributed by atoms with Crippen molar-refractivity contribution >= 4 is 11.1 Å². The molecule has 0 radical (unpaired) electrons. The molecule has 0 aliphatic carbocycles. The summed E-state index contributed by atoms with van der Waals surface area (Å²) in [5.74, 6) is 0. The molecular formula is C24H22. The third-order valence-electron chi connectivity index (χ3n) is 4.07.